The normalized spacial score (nSPS) is 11.5. The number of benzene rings is 2. The zero-order valence-corrected chi connectivity index (χ0v) is 22.3. The fraction of sp³-hybridized carbons (Fsp3) is 0.364. The van der Waals surface area contributed by atoms with Crippen molar-refractivity contribution in [1.29, 1.82) is 0 Å². The van der Waals surface area contributed by atoms with Crippen molar-refractivity contribution < 1.29 is 32.2 Å². The van der Waals surface area contributed by atoms with Crippen LogP contribution in [0.4, 0.5) is 0 Å². The first-order valence-corrected chi connectivity index (χ1v) is 12.6. The molecule has 0 saturated carbocycles. The molecule has 0 aliphatic heterocycles. The van der Waals surface area contributed by atoms with Crippen LogP contribution < -0.4 is 4.74 Å². The van der Waals surface area contributed by atoms with Crippen LogP contribution >= 0.6 is 31.9 Å². The highest BCUT2D eigenvalue weighted by Crippen LogP contribution is 2.38. The monoisotopic (exact) mass is 590 g/mol. The number of rotatable bonds is 8. The van der Waals surface area contributed by atoms with Crippen molar-refractivity contribution in [2.45, 2.75) is 36.0 Å². The Morgan fingerprint density at radius 3 is 1.91 bits per heavy atom. The Morgan fingerprint density at radius 1 is 0.938 bits per heavy atom. The minimum Gasteiger partial charge on any atom is -0.496 e. The van der Waals surface area contributed by atoms with Crippen molar-refractivity contribution in [3.05, 3.63) is 50.4 Å². The van der Waals surface area contributed by atoms with E-state index in [1.54, 1.807) is 24.3 Å². The summed E-state index contributed by atoms with van der Waals surface area (Å²) >= 11 is 6.68. The molecule has 32 heavy (non-hydrogen) atoms. The van der Waals surface area contributed by atoms with Crippen LogP contribution in [0.2, 0.25) is 0 Å². The SMILES string of the molecule is COC(=O)C(Cc1cc(Br)c(S(=O)(=O)c2ccc(OC)c(C(C)C)c2)c(Br)c1)C(=O)OC. The summed E-state index contributed by atoms with van der Waals surface area (Å²) in [7, 11) is -0.000997. The predicted molar refractivity (Wildman–Crippen MR) is 126 cm³/mol. The lowest BCUT2D eigenvalue weighted by molar-refractivity contribution is -0.158. The van der Waals surface area contributed by atoms with Crippen LogP contribution in [0.3, 0.4) is 0 Å². The second kappa shape index (κ2) is 10.8. The molecule has 174 valence electrons. The van der Waals surface area contributed by atoms with E-state index in [1.165, 1.54) is 27.4 Å². The van der Waals surface area contributed by atoms with E-state index in [0.29, 0.717) is 11.3 Å². The number of carbonyl (C=O) groups excluding carboxylic acids is 2. The molecule has 0 aromatic heterocycles. The summed E-state index contributed by atoms with van der Waals surface area (Å²) in [4.78, 5) is 24.1. The molecule has 2 rings (SSSR count). The lowest BCUT2D eigenvalue weighted by atomic mass is 9.99. The van der Waals surface area contributed by atoms with Crippen molar-refractivity contribution in [2.75, 3.05) is 21.3 Å². The summed E-state index contributed by atoms with van der Waals surface area (Å²) in [5.41, 5.74) is 1.32. The first-order chi connectivity index (χ1) is 15.0. The molecule has 0 fully saturated rings. The molecule has 0 amide bonds. The third kappa shape index (κ3) is 5.52. The predicted octanol–water partition coefficient (Wildman–Crippen LogP) is 4.68. The standard InChI is InChI=1S/C22H24Br2O7S/c1-12(2)15-11-14(6-7-19(15)29-3)32(27,28)20-17(23)9-13(10-18(20)24)8-16(21(25)30-4)22(26)31-5/h6-7,9-12,16H,8H2,1-5H3. The number of ether oxygens (including phenoxy) is 3. The zero-order chi connectivity index (χ0) is 24.2. The summed E-state index contributed by atoms with van der Waals surface area (Å²) in [6.45, 7) is 3.90. The highest BCUT2D eigenvalue weighted by Gasteiger charge is 2.31. The van der Waals surface area contributed by atoms with Crippen LogP contribution in [0.25, 0.3) is 0 Å². The van der Waals surface area contributed by atoms with Crippen LogP contribution in [0, 0.1) is 5.92 Å². The summed E-state index contributed by atoms with van der Waals surface area (Å²) in [6, 6.07) is 7.86. The van der Waals surface area contributed by atoms with E-state index in [2.05, 4.69) is 41.3 Å². The molecule has 2 aromatic carbocycles. The maximum absolute atomic E-state index is 13.4. The van der Waals surface area contributed by atoms with Crippen molar-refractivity contribution in [1.82, 2.24) is 0 Å². The average Bonchev–Trinajstić information content (AvgIpc) is 2.75. The van der Waals surface area contributed by atoms with Crippen LogP contribution in [0.5, 0.6) is 5.75 Å². The Hall–Kier alpha value is -1.91. The van der Waals surface area contributed by atoms with Gasteiger partial charge in [0.05, 0.1) is 26.2 Å². The molecule has 0 unspecified atom stereocenters. The molecular formula is C22H24Br2O7S. The summed E-state index contributed by atoms with van der Waals surface area (Å²) < 4.78 is 42.2. The molecule has 0 radical (unpaired) electrons. The fourth-order valence-electron chi connectivity index (χ4n) is 3.22. The van der Waals surface area contributed by atoms with Gasteiger partial charge in [0.2, 0.25) is 9.84 Å². The molecule has 0 N–H and O–H groups in total. The molecule has 0 heterocycles. The van der Waals surface area contributed by atoms with Crippen LogP contribution in [-0.4, -0.2) is 41.7 Å². The van der Waals surface area contributed by atoms with Gasteiger partial charge in [-0.15, -0.1) is 0 Å². The minimum absolute atomic E-state index is 0.0170. The van der Waals surface area contributed by atoms with Crippen LogP contribution in [0.15, 0.2) is 49.1 Å². The van der Waals surface area contributed by atoms with Gasteiger partial charge in [-0.3, -0.25) is 9.59 Å². The second-order valence-corrected chi connectivity index (χ2v) is 10.8. The lowest BCUT2D eigenvalue weighted by Gasteiger charge is -2.17. The van der Waals surface area contributed by atoms with E-state index in [-0.39, 0.29) is 31.1 Å². The Morgan fingerprint density at radius 2 is 1.47 bits per heavy atom. The smallest absolute Gasteiger partial charge is 0.320 e. The summed E-state index contributed by atoms with van der Waals surface area (Å²) in [5.74, 6) is -1.96. The van der Waals surface area contributed by atoms with Crippen LogP contribution in [0.1, 0.15) is 30.9 Å². The van der Waals surface area contributed by atoms with Crippen molar-refractivity contribution >= 4 is 53.6 Å². The number of carbonyl (C=O) groups is 2. The van der Waals surface area contributed by atoms with Gasteiger partial charge in [0.1, 0.15) is 10.6 Å². The largest absolute Gasteiger partial charge is 0.496 e. The maximum atomic E-state index is 13.4. The molecule has 0 aliphatic rings. The van der Waals surface area contributed by atoms with E-state index < -0.39 is 27.7 Å². The molecule has 0 spiro atoms. The molecule has 2 aromatic rings. The van der Waals surface area contributed by atoms with Gasteiger partial charge in [0.15, 0.2) is 5.92 Å². The average molecular weight is 592 g/mol. The van der Waals surface area contributed by atoms with E-state index >= 15 is 0 Å². The molecule has 0 atom stereocenters. The van der Waals surface area contributed by atoms with Crippen LogP contribution in [-0.2, 0) is 35.3 Å². The molecule has 0 bridgehead atoms. The first kappa shape index (κ1) is 26.3. The Balaban J connectivity index is 2.53. The number of methoxy groups -OCH3 is 3. The van der Waals surface area contributed by atoms with Gasteiger partial charge in [-0.1, -0.05) is 13.8 Å². The van der Waals surface area contributed by atoms with E-state index in [1.807, 2.05) is 13.8 Å². The number of sulfone groups is 1. The second-order valence-electron chi connectivity index (χ2n) is 7.25. The fourth-order valence-corrected chi connectivity index (χ4v) is 7.17. The number of esters is 2. The zero-order valence-electron chi connectivity index (χ0n) is 18.3. The molecule has 0 saturated heterocycles. The number of hydrogen-bond donors (Lipinski definition) is 0. The van der Waals surface area contributed by atoms with E-state index in [9.17, 15) is 18.0 Å². The Bertz CT molecular complexity index is 1090. The molecule has 10 heteroatoms. The third-order valence-corrected chi connectivity index (χ3v) is 8.50. The highest BCUT2D eigenvalue weighted by molar-refractivity contribution is 9.11. The van der Waals surface area contributed by atoms with Gasteiger partial charge in [0.25, 0.3) is 0 Å². The van der Waals surface area contributed by atoms with Gasteiger partial charge in [-0.05, 0) is 85.7 Å². The van der Waals surface area contributed by atoms with Crippen molar-refractivity contribution in [3.8, 4) is 5.75 Å². The highest BCUT2D eigenvalue weighted by atomic mass is 79.9. The summed E-state index contributed by atoms with van der Waals surface area (Å²) in [5, 5.41) is 0. The van der Waals surface area contributed by atoms with Gasteiger partial charge < -0.3 is 14.2 Å². The number of halogens is 2. The van der Waals surface area contributed by atoms with E-state index in [0.717, 1.165) is 5.56 Å². The van der Waals surface area contributed by atoms with Crippen molar-refractivity contribution in [3.63, 3.8) is 0 Å². The molecular weight excluding hydrogens is 568 g/mol. The lowest BCUT2D eigenvalue weighted by Crippen LogP contribution is -2.28. The third-order valence-electron chi connectivity index (χ3n) is 4.87. The molecule has 7 nitrogen and oxygen atoms in total. The van der Waals surface area contributed by atoms with Gasteiger partial charge in [-0.2, -0.15) is 0 Å². The van der Waals surface area contributed by atoms with Gasteiger partial charge in [-0.25, -0.2) is 8.42 Å². The number of hydrogen-bond acceptors (Lipinski definition) is 7. The minimum atomic E-state index is -3.90. The maximum Gasteiger partial charge on any atom is 0.320 e. The first-order valence-electron chi connectivity index (χ1n) is 9.54. The summed E-state index contributed by atoms with van der Waals surface area (Å²) in [6.07, 6.45) is -0.0170. The topological polar surface area (TPSA) is 96.0 Å². The Labute approximate surface area is 204 Å². The van der Waals surface area contributed by atoms with E-state index in [4.69, 9.17) is 4.74 Å². The van der Waals surface area contributed by atoms with Gasteiger partial charge in [0, 0.05) is 8.95 Å². The van der Waals surface area contributed by atoms with Crippen molar-refractivity contribution in [2.24, 2.45) is 5.92 Å². The van der Waals surface area contributed by atoms with Gasteiger partial charge >= 0.3 is 11.9 Å². The molecule has 0 aliphatic carbocycles. The Kier molecular flexibility index (Phi) is 8.90. The quantitative estimate of drug-likeness (QED) is 0.325.